The summed E-state index contributed by atoms with van der Waals surface area (Å²) in [5.74, 6) is 0. The van der Waals surface area contributed by atoms with Crippen LogP contribution in [-0.2, 0) is 16.6 Å². The molecule has 1 aromatic heterocycles. The summed E-state index contributed by atoms with van der Waals surface area (Å²) in [6.07, 6.45) is 0. The van der Waals surface area contributed by atoms with Crippen LogP contribution in [0, 0.1) is 12.3 Å². The monoisotopic (exact) mass is 288 g/mol. The van der Waals surface area contributed by atoms with Gasteiger partial charge in [0, 0.05) is 30.9 Å². The SMILES string of the molecule is Cc1[nH]nc(S(=O)(=O)N(C)C(C)C(C)(C)C)c1CN. The number of aromatic amines is 1. The maximum Gasteiger partial charge on any atom is 0.262 e. The van der Waals surface area contributed by atoms with Crippen LogP contribution in [0.2, 0.25) is 0 Å². The van der Waals surface area contributed by atoms with E-state index < -0.39 is 10.0 Å². The maximum atomic E-state index is 12.6. The molecule has 7 heteroatoms. The number of sulfonamides is 1. The average Bonchev–Trinajstić information content (AvgIpc) is 2.67. The molecule has 0 saturated carbocycles. The minimum absolute atomic E-state index is 0.0334. The van der Waals surface area contributed by atoms with Crippen LogP contribution in [0.1, 0.15) is 39.0 Å². The zero-order valence-corrected chi connectivity index (χ0v) is 13.3. The third kappa shape index (κ3) is 2.98. The van der Waals surface area contributed by atoms with Gasteiger partial charge in [-0.05, 0) is 19.3 Å². The quantitative estimate of drug-likeness (QED) is 0.871. The maximum absolute atomic E-state index is 12.6. The molecule has 3 N–H and O–H groups in total. The molecule has 0 aliphatic heterocycles. The van der Waals surface area contributed by atoms with Crippen LogP contribution in [0.4, 0.5) is 0 Å². The molecule has 0 spiro atoms. The Kier molecular flexibility index (Phi) is 4.44. The van der Waals surface area contributed by atoms with Gasteiger partial charge in [0.15, 0.2) is 5.03 Å². The Morgan fingerprint density at radius 2 is 1.95 bits per heavy atom. The van der Waals surface area contributed by atoms with Crippen LogP contribution in [0.25, 0.3) is 0 Å². The van der Waals surface area contributed by atoms with E-state index in [1.165, 1.54) is 4.31 Å². The molecule has 0 radical (unpaired) electrons. The van der Waals surface area contributed by atoms with Gasteiger partial charge in [0.1, 0.15) is 0 Å². The molecular formula is C12H24N4O2S. The summed E-state index contributed by atoms with van der Waals surface area (Å²) in [5, 5.41) is 6.63. The second kappa shape index (κ2) is 5.22. The minimum atomic E-state index is -3.63. The number of nitrogens with one attached hydrogen (secondary N) is 1. The van der Waals surface area contributed by atoms with Gasteiger partial charge in [-0.15, -0.1) is 0 Å². The lowest BCUT2D eigenvalue weighted by molar-refractivity contribution is 0.216. The highest BCUT2D eigenvalue weighted by atomic mass is 32.2. The fourth-order valence-corrected chi connectivity index (χ4v) is 3.49. The highest BCUT2D eigenvalue weighted by molar-refractivity contribution is 7.89. The summed E-state index contributed by atoms with van der Waals surface area (Å²) in [6.45, 7) is 9.81. The van der Waals surface area contributed by atoms with E-state index in [4.69, 9.17) is 5.73 Å². The number of H-pyrrole nitrogens is 1. The largest absolute Gasteiger partial charge is 0.326 e. The molecule has 19 heavy (non-hydrogen) atoms. The van der Waals surface area contributed by atoms with Crippen molar-refractivity contribution in [2.45, 2.75) is 52.2 Å². The van der Waals surface area contributed by atoms with Crippen molar-refractivity contribution in [3.63, 3.8) is 0 Å². The first-order valence-electron chi connectivity index (χ1n) is 6.25. The Balaban J connectivity index is 3.25. The first-order chi connectivity index (χ1) is 8.53. The van der Waals surface area contributed by atoms with Gasteiger partial charge in [-0.3, -0.25) is 5.10 Å². The van der Waals surface area contributed by atoms with E-state index in [1.54, 1.807) is 14.0 Å². The lowest BCUT2D eigenvalue weighted by atomic mass is 9.88. The Hall–Kier alpha value is -0.920. The molecule has 1 atom stereocenters. The van der Waals surface area contributed by atoms with Crippen LogP contribution in [-0.4, -0.2) is 36.0 Å². The third-order valence-corrected chi connectivity index (χ3v) is 5.56. The number of aromatic nitrogens is 2. The van der Waals surface area contributed by atoms with Gasteiger partial charge in [-0.25, -0.2) is 8.42 Å². The van der Waals surface area contributed by atoms with E-state index in [2.05, 4.69) is 10.2 Å². The summed E-state index contributed by atoms with van der Waals surface area (Å²) in [5.41, 5.74) is 6.70. The smallest absolute Gasteiger partial charge is 0.262 e. The molecule has 1 unspecified atom stereocenters. The van der Waals surface area contributed by atoms with Gasteiger partial charge in [0.2, 0.25) is 0 Å². The minimum Gasteiger partial charge on any atom is -0.326 e. The number of aryl methyl sites for hydroxylation is 1. The Morgan fingerprint density at radius 1 is 1.42 bits per heavy atom. The number of rotatable bonds is 4. The van der Waals surface area contributed by atoms with Gasteiger partial charge >= 0.3 is 0 Å². The molecule has 0 saturated heterocycles. The molecule has 0 bridgehead atoms. The topological polar surface area (TPSA) is 92.1 Å². The molecule has 0 fully saturated rings. The van der Waals surface area contributed by atoms with Crippen molar-refractivity contribution in [2.24, 2.45) is 11.1 Å². The first-order valence-corrected chi connectivity index (χ1v) is 7.69. The molecule has 0 aliphatic carbocycles. The zero-order chi connectivity index (χ0) is 15.0. The summed E-state index contributed by atoms with van der Waals surface area (Å²) in [7, 11) is -2.05. The van der Waals surface area contributed by atoms with Crippen LogP contribution in [0.15, 0.2) is 5.03 Å². The van der Waals surface area contributed by atoms with E-state index in [1.807, 2.05) is 27.7 Å². The van der Waals surface area contributed by atoms with Gasteiger partial charge in [0.05, 0.1) is 0 Å². The molecule has 1 heterocycles. The second-order valence-corrected chi connectivity index (χ2v) is 7.81. The number of hydrogen-bond acceptors (Lipinski definition) is 4. The fraction of sp³-hybridized carbons (Fsp3) is 0.750. The number of nitrogens with zero attached hydrogens (tertiary/aromatic N) is 2. The fourth-order valence-electron chi connectivity index (χ4n) is 1.77. The molecule has 1 rings (SSSR count). The molecule has 110 valence electrons. The van der Waals surface area contributed by atoms with E-state index in [0.29, 0.717) is 11.3 Å². The van der Waals surface area contributed by atoms with Crippen molar-refractivity contribution in [2.75, 3.05) is 7.05 Å². The van der Waals surface area contributed by atoms with Gasteiger partial charge in [-0.1, -0.05) is 20.8 Å². The van der Waals surface area contributed by atoms with Crippen molar-refractivity contribution in [1.82, 2.24) is 14.5 Å². The van der Waals surface area contributed by atoms with E-state index in [-0.39, 0.29) is 23.0 Å². The molecule has 0 amide bonds. The van der Waals surface area contributed by atoms with Gasteiger partial charge < -0.3 is 5.73 Å². The van der Waals surface area contributed by atoms with Gasteiger partial charge in [-0.2, -0.15) is 9.40 Å². The summed E-state index contributed by atoms with van der Waals surface area (Å²) >= 11 is 0. The van der Waals surface area contributed by atoms with Crippen molar-refractivity contribution in [1.29, 1.82) is 0 Å². The molecule has 1 aromatic rings. The Morgan fingerprint density at radius 3 is 2.37 bits per heavy atom. The second-order valence-electron chi connectivity index (χ2n) is 5.90. The lowest BCUT2D eigenvalue weighted by Crippen LogP contribution is -2.43. The molecule has 6 nitrogen and oxygen atoms in total. The Bertz CT molecular complexity index is 543. The van der Waals surface area contributed by atoms with Crippen LogP contribution in [0.5, 0.6) is 0 Å². The van der Waals surface area contributed by atoms with E-state index in [9.17, 15) is 8.42 Å². The third-order valence-electron chi connectivity index (χ3n) is 3.66. The van der Waals surface area contributed by atoms with E-state index >= 15 is 0 Å². The van der Waals surface area contributed by atoms with Crippen LogP contribution >= 0.6 is 0 Å². The number of nitrogens with two attached hydrogens (primary N) is 1. The first kappa shape index (κ1) is 16.1. The summed E-state index contributed by atoms with van der Waals surface area (Å²) in [6, 6.07) is -0.153. The predicted molar refractivity (Wildman–Crippen MR) is 75.1 cm³/mol. The average molecular weight is 288 g/mol. The van der Waals surface area contributed by atoms with Crippen molar-refractivity contribution in [3.8, 4) is 0 Å². The lowest BCUT2D eigenvalue weighted by Gasteiger charge is -2.34. The van der Waals surface area contributed by atoms with Gasteiger partial charge in [0.25, 0.3) is 10.0 Å². The molecular weight excluding hydrogens is 264 g/mol. The summed E-state index contributed by atoms with van der Waals surface area (Å²) in [4.78, 5) is 0. The zero-order valence-electron chi connectivity index (χ0n) is 12.5. The normalized spacial score (nSPS) is 14.9. The standard InChI is InChI=1S/C12H24N4O2S/c1-8-10(7-13)11(15-14-8)19(17,18)16(6)9(2)12(3,4)5/h9H,7,13H2,1-6H3,(H,14,15). The Labute approximate surface area is 115 Å². The molecule has 0 aliphatic rings. The highest BCUT2D eigenvalue weighted by Gasteiger charge is 2.35. The van der Waals surface area contributed by atoms with Crippen molar-refractivity contribution in [3.05, 3.63) is 11.3 Å². The predicted octanol–water partition coefficient (Wildman–Crippen LogP) is 1.23. The highest BCUT2D eigenvalue weighted by Crippen LogP contribution is 2.28. The van der Waals surface area contributed by atoms with Crippen molar-refractivity contribution < 1.29 is 8.42 Å². The van der Waals surface area contributed by atoms with E-state index in [0.717, 1.165) is 0 Å². The number of hydrogen-bond donors (Lipinski definition) is 2. The van der Waals surface area contributed by atoms with Crippen LogP contribution < -0.4 is 5.73 Å². The summed E-state index contributed by atoms with van der Waals surface area (Å²) < 4.78 is 26.6. The molecule has 0 aromatic carbocycles. The van der Waals surface area contributed by atoms with Crippen molar-refractivity contribution >= 4 is 10.0 Å². The van der Waals surface area contributed by atoms with Crippen LogP contribution in [0.3, 0.4) is 0 Å².